The summed E-state index contributed by atoms with van der Waals surface area (Å²) < 4.78 is 6.73. The maximum absolute atomic E-state index is 13.2. The molecule has 0 bridgehead atoms. The minimum Gasteiger partial charge on any atom is -0.497 e. The first-order valence-corrected chi connectivity index (χ1v) is 11.0. The third kappa shape index (κ3) is 4.99. The number of nitrogens with one attached hydrogen (secondary N) is 1. The Morgan fingerprint density at radius 2 is 1.86 bits per heavy atom. The van der Waals surface area contributed by atoms with E-state index in [9.17, 15) is 14.9 Å². The molecule has 0 aliphatic carbocycles. The minimum absolute atomic E-state index is 0.0276. The van der Waals surface area contributed by atoms with Crippen LogP contribution in [0.25, 0.3) is 0 Å². The fourth-order valence-corrected chi connectivity index (χ4v) is 3.88. The highest BCUT2D eigenvalue weighted by molar-refractivity contribution is 6.35. The number of pyridine rings is 1. The summed E-state index contributed by atoms with van der Waals surface area (Å²) in [6.07, 6.45) is 1.43. The molecule has 0 aliphatic heterocycles. The van der Waals surface area contributed by atoms with Gasteiger partial charge < -0.3 is 10.1 Å². The molecule has 178 valence electrons. The molecule has 0 saturated heterocycles. The first-order chi connectivity index (χ1) is 16.8. The van der Waals surface area contributed by atoms with Crippen LogP contribution in [-0.2, 0) is 6.54 Å². The minimum atomic E-state index is -0.487. The molecule has 1 N–H and O–H groups in total. The summed E-state index contributed by atoms with van der Waals surface area (Å²) in [6.45, 7) is 3.71. The van der Waals surface area contributed by atoms with Gasteiger partial charge >= 0.3 is 5.69 Å². The Morgan fingerprint density at radius 3 is 2.51 bits per heavy atom. The Kier molecular flexibility index (Phi) is 6.79. The fraction of sp³-hybridized carbons (Fsp3) is 0.160. The normalized spacial score (nSPS) is 10.7. The second-order valence-electron chi connectivity index (χ2n) is 7.85. The number of aryl methyl sites for hydroxylation is 1. The van der Waals surface area contributed by atoms with Gasteiger partial charge in [0.05, 0.1) is 34.9 Å². The molecule has 4 rings (SSSR count). The van der Waals surface area contributed by atoms with Crippen molar-refractivity contribution in [1.29, 1.82) is 0 Å². The van der Waals surface area contributed by atoms with Crippen LogP contribution in [0.2, 0.25) is 5.02 Å². The van der Waals surface area contributed by atoms with Crippen molar-refractivity contribution in [1.82, 2.24) is 14.8 Å². The quantitative estimate of drug-likeness (QED) is 0.197. The molecule has 0 spiro atoms. The molecule has 9 nitrogen and oxygen atoms in total. The van der Waals surface area contributed by atoms with Gasteiger partial charge in [0.25, 0.3) is 0 Å². The van der Waals surface area contributed by atoms with Gasteiger partial charge in [0.1, 0.15) is 11.4 Å². The van der Waals surface area contributed by atoms with Gasteiger partial charge in [0, 0.05) is 17.5 Å². The van der Waals surface area contributed by atoms with Gasteiger partial charge in [-0.3, -0.25) is 24.6 Å². The van der Waals surface area contributed by atoms with Crippen molar-refractivity contribution < 1.29 is 14.5 Å². The molecule has 4 aromatic rings. The highest BCUT2D eigenvalue weighted by Crippen LogP contribution is 2.33. The average Bonchev–Trinajstić information content (AvgIpc) is 3.14. The lowest BCUT2D eigenvalue weighted by molar-refractivity contribution is -0.384. The van der Waals surface area contributed by atoms with Gasteiger partial charge in [-0.15, -0.1) is 5.10 Å². The summed E-state index contributed by atoms with van der Waals surface area (Å²) in [7, 11) is 1.58. The lowest BCUT2D eigenvalue weighted by Gasteiger charge is -2.11. The molecule has 0 unspecified atom stereocenters. The number of aromatic nitrogens is 3. The van der Waals surface area contributed by atoms with Gasteiger partial charge in [-0.05, 0) is 49.7 Å². The number of carbonyl (C=O) groups is 1. The van der Waals surface area contributed by atoms with Gasteiger partial charge in [0.15, 0.2) is 5.78 Å². The number of hydrogen-bond donors (Lipinski definition) is 1. The number of ether oxygens (including phenoxy) is 1. The third-order valence-electron chi connectivity index (χ3n) is 5.51. The summed E-state index contributed by atoms with van der Waals surface area (Å²) in [5.41, 5.74) is 2.59. The molecule has 0 fully saturated rings. The number of anilines is 2. The number of nitro groups is 1. The van der Waals surface area contributed by atoms with Crippen LogP contribution in [0, 0.1) is 24.0 Å². The predicted molar refractivity (Wildman–Crippen MR) is 133 cm³/mol. The maximum Gasteiger partial charge on any atom is 0.334 e. The number of nitrogens with zero attached hydrogens (tertiary/aromatic N) is 4. The zero-order chi connectivity index (χ0) is 25.1. The van der Waals surface area contributed by atoms with Crippen LogP contribution in [0.15, 0.2) is 60.8 Å². The van der Waals surface area contributed by atoms with E-state index in [1.165, 1.54) is 6.20 Å². The molecule has 10 heteroatoms. The van der Waals surface area contributed by atoms with E-state index in [1.54, 1.807) is 56.0 Å². The zero-order valence-electron chi connectivity index (χ0n) is 19.3. The number of halogens is 1. The molecule has 0 amide bonds. The van der Waals surface area contributed by atoms with E-state index in [0.717, 1.165) is 5.56 Å². The summed E-state index contributed by atoms with van der Waals surface area (Å²) >= 11 is 6.23. The molecule has 2 aromatic heterocycles. The molecule has 35 heavy (non-hydrogen) atoms. The lowest BCUT2D eigenvalue weighted by atomic mass is 10.0. The Morgan fingerprint density at radius 1 is 1.14 bits per heavy atom. The number of ketones is 1. The van der Waals surface area contributed by atoms with Gasteiger partial charge in [-0.1, -0.05) is 35.9 Å². The molecule has 0 radical (unpaired) electrons. The largest absolute Gasteiger partial charge is 0.497 e. The number of carbonyl (C=O) groups excluding carboxylic acids is 1. The SMILES string of the molecule is COc1ccc(Cn2nc(Nc3cc(C)ncc3C(=O)c3ccccc3Cl)c([N+](=O)[O-])c2C)cc1. The van der Waals surface area contributed by atoms with E-state index in [-0.39, 0.29) is 22.9 Å². The number of benzene rings is 2. The van der Waals surface area contributed by atoms with E-state index in [4.69, 9.17) is 16.3 Å². The average molecular weight is 492 g/mol. The summed E-state index contributed by atoms with van der Waals surface area (Å²) in [5.74, 6) is 0.380. The van der Waals surface area contributed by atoms with Crippen LogP contribution in [0.5, 0.6) is 5.75 Å². The first-order valence-electron chi connectivity index (χ1n) is 10.7. The van der Waals surface area contributed by atoms with Crippen LogP contribution in [0.1, 0.15) is 32.9 Å². The zero-order valence-corrected chi connectivity index (χ0v) is 20.0. The van der Waals surface area contributed by atoms with E-state index < -0.39 is 4.92 Å². The topological polar surface area (TPSA) is 112 Å². The van der Waals surface area contributed by atoms with E-state index in [0.29, 0.717) is 40.0 Å². The standard InChI is InChI=1S/C25H22ClN5O4/c1-15-12-22(20(13-27-15)24(32)19-6-4-5-7-21(19)26)28-25-23(31(33)34)16(2)30(29-25)14-17-8-10-18(35-3)11-9-17/h4-13H,14H2,1-3H3,(H,27,28,29). The number of methoxy groups -OCH3 is 1. The molecular weight excluding hydrogens is 470 g/mol. The highest BCUT2D eigenvalue weighted by atomic mass is 35.5. The van der Waals surface area contributed by atoms with Crippen LogP contribution >= 0.6 is 11.6 Å². The van der Waals surface area contributed by atoms with E-state index in [2.05, 4.69) is 15.4 Å². The second-order valence-corrected chi connectivity index (χ2v) is 8.26. The smallest absolute Gasteiger partial charge is 0.334 e. The van der Waals surface area contributed by atoms with E-state index in [1.807, 2.05) is 24.3 Å². The number of hydrogen-bond acceptors (Lipinski definition) is 7. The lowest BCUT2D eigenvalue weighted by Crippen LogP contribution is -2.08. The van der Waals surface area contributed by atoms with Crippen molar-refractivity contribution in [2.45, 2.75) is 20.4 Å². The molecule has 0 saturated carbocycles. The van der Waals surface area contributed by atoms with Gasteiger partial charge in [-0.2, -0.15) is 0 Å². The van der Waals surface area contributed by atoms with Crippen LogP contribution in [0.3, 0.4) is 0 Å². The molecular formula is C25H22ClN5O4. The highest BCUT2D eigenvalue weighted by Gasteiger charge is 2.27. The van der Waals surface area contributed by atoms with Crippen LogP contribution in [-0.4, -0.2) is 32.6 Å². The summed E-state index contributed by atoms with van der Waals surface area (Å²) in [5, 5.41) is 19.7. The Bertz CT molecular complexity index is 1420. The summed E-state index contributed by atoms with van der Waals surface area (Å²) in [4.78, 5) is 28.9. The van der Waals surface area contributed by atoms with Gasteiger partial charge in [-0.25, -0.2) is 0 Å². The van der Waals surface area contributed by atoms with Crippen molar-refractivity contribution in [3.8, 4) is 5.75 Å². The molecule has 0 atom stereocenters. The second kappa shape index (κ2) is 9.94. The Labute approximate surface area is 206 Å². The van der Waals surface area contributed by atoms with E-state index >= 15 is 0 Å². The maximum atomic E-state index is 13.2. The van der Waals surface area contributed by atoms with Crippen molar-refractivity contribution in [2.75, 3.05) is 12.4 Å². The van der Waals surface area contributed by atoms with Crippen molar-refractivity contribution in [3.63, 3.8) is 0 Å². The van der Waals surface area contributed by atoms with Crippen LogP contribution < -0.4 is 10.1 Å². The third-order valence-corrected chi connectivity index (χ3v) is 5.84. The van der Waals surface area contributed by atoms with Crippen molar-refractivity contribution >= 4 is 34.6 Å². The van der Waals surface area contributed by atoms with Gasteiger partial charge in [0.2, 0.25) is 5.82 Å². The van der Waals surface area contributed by atoms with Crippen molar-refractivity contribution in [3.05, 3.63) is 104 Å². The van der Waals surface area contributed by atoms with Crippen molar-refractivity contribution in [2.24, 2.45) is 0 Å². The first kappa shape index (κ1) is 23.9. The fourth-order valence-electron chi connectivity index (χ4n) is 3.66. The Hall–Kier alpha value is -4.24. The monoisotopic (exact) mass is 491 g/mol. The molecule has 0 aliphatic rings. The predicted octanol–water partition coefficient (Wildman–Crippen LogP) is 5.49. The summed E-state index contributed by atoms with van der Waals surface area (Å²) in [6, 6.07) is 15.7. The number of rotatable bonds is 8. The molecule has 2 aromatic carbocycles. The molecule has 2 heterocycles. The Balaban J connectivity index is 1.73. The van der Waals surface area contributed by atoms with Crippen LogP contribution in [0.4, 0.5) is 17.2 Å².